The van der Waals surface area contributed by atoms with Gasteiger partial charge in [-0.2, -0.15) is 0 Å². The molecule has 1 aromatic rings. The van der Waals surface area contributed by atoms with Crippen LogP contribution in [-0.2, 0) is 4.79 Å². The first kappa shape index (κ1) is 16.4. The lowest BCUT2D eigenvalue weighted by molar-refractivity contribution is -0.123. The second-order valence-corrected chi connectivity index (χ2v) is 7.02. The molecule has 1 aromatic heterocycles. The highest BCUT2D eigenvalue weighted by molar-refractivity contribution is 7.10. The van der Waals surface area contributed by atoms with Gasteiger partial charge in [-0.05, 0) is 38.9 Å². The zero-order valence-corrected chi connectivity index (χ0v) is 13.8. The van der Waals surface area contributed by atoms with Crippen LogP contribution in [0.5, 0.6) is 0 Å². The van der Waals surface area contributed by atoms with Crippen LogP contribution in [0.2, 0.25) is 0 Å². The maximum Gasteiger partial charge on any atom is 0.234 e. The van der Waals surface area contributed by atoms with Gasteiger partial charge in [-0.15, -0.1) is 11.3 Å². The molecule has 0 aromatic carbocycles. The lowest BCUT2D eigenvalue weighted by atomic mass is 10.2. The third-order valence-corrected chi connectivity index (χ3v) is 4.83. The number of carbonyl (C=O) groups is 1. The van der Waals surface area contributed by atoms with E-state index in [-0.39, 0.29) is 24.1 Å². The Morgan fingerprint density at radius 3 is 3.00 bits per heavy atom. The molecule has 3 atom stereocenters. The summed E-state index contributed by atoms with van der Waals surface area (Å²) in [6.45, 7) is 3.80. The fourth-order valence-electron chi connectivity index (χ4n) is 2.84. The van der Waals surface area contributed by atoms with Crippen molar-refractivity contribution in [2.75, 3.05) is 33.7 Å². The van der Waals surface area contributed by atoms with Gasteiger partial charge in [0.1, 0.15) is 0 Å². The number of aliphatic hydroxyl groups is 1. The molecule has 0 saturated carbocycles. The number of nitrogens with zero attached hydrogens (tertiary/aromatic N) is 2. The topological polar surface area (TPSA) is 55.8 Å². The monoisotopic (exact) mass is 311 g/mol. The number of amides is 1. The molecule has 0 spiro atoms. The molecule has 2 heterocycles. The lowest BCUT2D eigenvalue weighted by Crippen LogP contribution is -2.44. The average Bonchev–Trinajstić information content (AvgIpc) is 2.99. The summed E-state index contributed by atoms with van der Waals surface area (Å²) in [7, 11) is 4.03. The van der Waals surface area contributed by atoms with Gasteiger partial charge in [0.15, 0.2) is 0 Å². The summed E-state index contributed by atoms with van der Waals surface area (Å²) in [6, 6.07) is 4.31. The van der Waals surface area contributed by atoms with Crippen LogP contribution in [0.3, 0.4) is 0 Å². The van der Waals surface area contributed by atoms with Crippen molar-refractivity contribution in [2.24, 2.45) is 0 Å². The van der Waals surface area contributed by atoms with Crippen molar-refractivity contribution in [3.63, 3.8) is 0 Å². The molecule has 1 fully saturated rings. The quantitative estimate of drug-likeness (QED) is 0.820. The highest BCUT2D eigenvalue weighted by atomic mass is 32.1. The molecular weight excluding hydrogens is 286 g/mol. The zero-order chi connectivity index (χ0) is 15.4. The Kier molecular flexibility index (Phi) is 5.75. The normalized spacial score (nSPS) is 24.4. The van der Waals surface area contributed by atoms with Crippen molar-refractivity contribution in [3.8, 4) is 0 Å². The summed E-state index contributed by atoms with van der Waals surface area (Å²) in [5.74, 6) is 0.0220. The van der Waals surface area contributed by atoms with Crippen LogP contribution in [0, 0.1) is 0 Å². The zero-order valence-electron chi connectivity index (χ0n) is 13.0. The van der Waals surface area contributed by atoms with Crippen molar-refractivity contribution < 1.29 is 9.90 Å². The minimum Gasteiger partial charge on any atom is -0.392 e. The molecule has 2 N–H and O–H groups in total. The molecule has 0 bridgehead atoms. The Morgan fingerprint density at radius 1 is 1.62 bits per heavy atom. The van der Waals surface area contributed by atoms with Crippen LogP contribution in [0.25, 0.3) is 0 Å². The molecular formula is C15H25N3O2S. The van der Waals surface area contributed by atoms with Crippen LogP contribution >= 0.6 is 11.3 Å². The number of aliphatic hydroxyl groups excluding tert-OH is 1. The van der Waals surface area contributed by atoms with Crippen molar-refractivity contribution in [1.82, 2.24) is 15.1 Å². The maximum atomic E-state index is 12.2. The summed E-state index contributed by atoms with van der Waals surface area (Å²) in [5, 5.41) is 14.9. The van der Waals surface area contributed by atoms with Gasteiger partial charge in [0.25, 0.3) is 0 Å². The number of carbonyl (C=O) groups excluding carboxylic acids is 1. The molecule has 1 saturated heterocycles. The highest BCUT2D eigenvalue weighted by Crippen LogP contribution is 2.20. The largest absolute Gasteiger partial charge is 0.392 e. The number of hydrogen-bond donors (Lipinski definition) is 2. The second-order valence-electron chi connectivity index (χ2n) is 6.04. The van der Waals surface area contributed by atoms with Crippen LogP contribution < -0.4 is 5.32 Å². The average molecular weight is 311 g/mol. The summed E-state index contributed by atoms with van der Waals surface area (Å²) >= 11 is 1.65. The third-order valence-electron chi connectivity index (χ3n) is 3.78. The van der Waals surface area contributed by atoms with E-state index in [0.717, 1.165) is 17.8 Å². The summed E-state index contributed by atoms with van der Waals surface area (Å²) < 4.78 is 0. The minimum atomic E-state index is -0.322. The van der Waals surface area contributed by atoms with Crippen molar-refractivity contribution in [1.29, 1.82) is 0 Å². The van der Waals surface area contributed by atoms with E-state index in [1.807, 2.05) is 38.5 Å². The molecule has 1 aliphatic rings. The van der Waals surface area contributed by atoms with Crippen LogP contribution in [-0.4, -0.2) is 66.7 Å². The molecule has 118 valence electrons. The van der Waals surface area contributed by atoms with E-state index < -0.39 is 0 Å². The Balaban J connectivity index is 1.86. The van der Waals surface area contributed by atoms with Crippen LogP contribution in [0.4, 0.5) is 0 Å². The van der Waals surface area contributed by atoms with E-state index in [0.29, 0.717) is 13.1 Å². The summed E-state index contributed by atoms with van der Waals surface area (Å²) in [5.41, 5.74) is 0. The summed E-state index contributed by atoms with van der Waals surface area (Å²) in [6.07, 6.45) is 0.420. The Morgan fingerprint density at radius 2 is 2.38 bits per heavy atom. The Labute approximate surface area is 130 Å². The van der Waals surface area contributed by atoms with Gasteiger partial charge >= 0.3 is 0 Å². The third kappa shape index (κ3) is 4.78. The van der Waals surface area contributed by atoms with E-state index in [9.17, 15) is 9.90 Å². The molecule has 21 heavy (non-hydrogen) atoms. The van der Waals surface area contributed by atoms with Gasteiger partial charge in [0, 0.05) is 24.0 Å². The first-order chi connectivity index (χ1) is 9.95. The molecule has 1 amide bonds. The van der Waals surface area contributed by atoms with Gasteiger partial charge < -0.3 is 15.3 Å². The number of β-amino-alcohol motifs (C(OH)–C–C–N with tert-alkyl or cyclic N) is 1. The Bertz CT molecular complexity index is 450. The fraction of sp³-hybridized carbons (Fsp3) is 0.667. The first-order valence-corrected chi connectivity index (χ1v) is 8.23. The predicted molar refractivity (Wildman–Crippen MR) is 85.4 cm³/mol. The molecule has 3 unspecified atom stereocenters. The van der Waals surface area contributed by atoms with Crippen LogP contribution in [0.1, 0.15) is 24.3 Å². The number of hydrogen-bond acceptors (Lipinski definition) is 5. The van der Waals surface area contributed by atoms with E-state index >= 15 is 0 Å². The first-order valence-electron chi connectivity index (χ1n) is 7.35. The van der Waals surface area contributed by atoms with Crippen molar-refractivity contribution in [2.45, 2.75) is 31.5 Å². The van der Waals surface area contributed by atoms with Gasteiger partial charge in [-0.25, -0.2) is 0 Å². The van der Waals surface area contributed by atoms with Gasteiger partial charge in [-0.1, -0.05) is 6.07 Å². The summed E-state index contributed by atoms with van der Waals surface area (Å²) in [4.78, 5) is 17.5. The van der Waals surface area contributed by atoms with E-state index in [1.165, 1.54) is 0 Å². The smallest absolute Gasteiger partial charge is 0.234 e. The highest BCUT2D eigenvalue weighted by Gasteiger charge is 2.32. The Hall–Kier alpha value is -0.950. The second kappa shape index (κ2) is 7.35. The number of likely N-dealkylation sites (tertiary alicyclic amines) is 1. The van der Waals surface area contributed by atoms with E-state index in [2.05, 4.69) is 15.1 Å². The SMILES string of the molecule is CC(NC(=O)CN1CC(O)CC1CN(C)C)c1cccs1. The van der Waals surface area contributed by atoms with Gasteiger partial charge in [0.2, 0.25) is 5.91 Å². The number of rotatable bonds is 6. The molecule has 0 aliphatic carbocycles. The molecule has 5 nitrogen and oxygen atoms in total. The fourth-order valence-corrected chi connectivity index (χ4v) is 3.58. The lowest BCUT2D eigenvalue weighted by Gasteiger charge is -2.26. The predicted octanol–water partition coefficient (Wildman–Crippen LogP) is 0.922. The van der Waals surface area contributed by atoms with Crippen molar-refractivity contribution >= 4 is 17.2 Å². The van der Waals surface area contributed by atoms with Gasteiger partial charge in [0.05, 0.1) is 18.7 Å². The van der Waals surface area contributed by atoms with Gasteiger partial charge in [-0.3, -0.25) is 9.69 Å². The number of likely N-dealkylation sites (N-methyl/N-ethyl adjacent to an activating group) is 1. The molecule has 6 heteroatoms. The number of thiophene rings is 1. The van der Waals surface area contributed by atoms with E-state index in [4.69, 9.17) is 0 Å². The molecule has 1 aliphatic heterocycles. The molecule has 0 radical (unpaired) electrons. The standard InChI is InChI=1S/C15H25N3O2S/c1-11(14-5-4-6-21-14)16-15(20)10-18-9-13(19)7-12(18)8-17(2)3/h4-6,11-13,19H,7-10H2,1-3H3,(H,16,20). The van der Waals surface area contributed by atoms with Crippen LogP contribution in [0.15, 0.2) is 17.5 Å². The van der Waals surface area contributed by atoms with E-state index in [1.54, 1.807) is 11.3 Å². The number of nitrogens with one attached hydrogen (secondary N) is 1. The minimum absolute atomic E-state index is 0.0220. The van der Waals surface area contributed by atoms with Crippen molar-refractivity contribution in [3.05, 3.63) is 22.4 Å². The maximum absolute atomic E-state index is 12.2. The molecule has 2 rings (SSSR count).